The first-order valence-electron chi connectivity index (χ1n) is 11.4. The second kappa shape index (κ2) is 7.71. The van der Waals surface area contributed by atoms with Crippen LogP contribution in [0.15, 0.2) is 73.3 Å². The summed E-state index contributed by atoms with van der Waals surface area (Å²) in [5.74, 6) is 0.828. The Hall–Kier alpha value is -4.63. The quantitative estimate of drug-likeness (QED) is 0.366. The highest BCUT2D eigenvalue weighted by Crippen LogP contribution is 2.34. The molecule has 0 unspecified atom stereocenters. The molecule has 9 nitrogen and oxygen atoms in total. The van der Waals surface area contributed by atoms with Crippen LogP contribution in [-0.4, -0.2) is 54.2 Å². The first-order valence-corrected chi connectivity index (χ1v) is 11.4. The molecule has 0 atom stereocenters. The summed E-state index contributed by atoms with van der Waals surface area (Å²) in [7, 11) is 0. The first kappa shape index (κ1) is 19.8. The topological polar surface area (TPSA) is 125 Å². The van der Waals surface area contributed by atoms with E-state index in [2.05, 4.69) is 59.3 Å². The van der Waals surface area contributed by atoms with E-state index < -0.39 is 0 Å². The van der Waals surface area contributed by atoms with Gasteiger partial charge in [0.1, 0.15) is 11.5 Å². The van der Waals surface area contributed by atoms with Crippen LogP contribution in [0, 0.1) is 0 Å². The monoisotopic (exact) mass is 459 g/mol. The van der Waals surface area contributed by atoms with Gasteiger partial charge in [-0.1, -0.05) is 18.2 Å². The lowest BCUT2D eigenvalue weighted by Crippen LogP contribution is -2.56. The minimum Gasteiger partial charge on any atom is -0.353 e. The van der Waals surface area contributed by atoms with Gasteiger partial charge in [0.25, 0.3) is 0 Å². The predicted octanol–water partition coefficient (Wildman–Crippen LogP) is 3.77. The summed E-state index contributed by atoms with van der Waals surface area (Å²) in [4.78, 5) is 24.0. The number of nitrogens with one attached hydrogen (secondary N) is 2. The lowest BCUT2D eigenvalue weighted by Gasteiger charge is -2.37. The molecular weight excluding hydrogens is 438 g/mol. The van der Waals surface area contributed by atoms with Crippen molar-refractivity contribution < 1.29 is 0 Å². The molecule has 4 N–H and O–H groups in total. The number of nitrogens with two attached hydrogens (primary N) is 1. The van der Waals surface area contributed by atoms with Crippen molar-refractivity contribution in [1.29, 1.82) is 0 Å². The van der Waals surface area contributed by atoms with Crippen LogP contribution in [0.25, 0.3) is 55.8 Å². The zero-order chi connectivity index (χ0) is 23.4. The Morgan fingerprint density at radius 2 is 1.86 bits per heavy atom. The average Bonchev–Trinajstić information content (AvgIpc) is 3.51. The zero-order valence-electron chi connectivity index (χ0n) is 18.7. The molecule has 35 heavy (non-hydrogen) atoms. The second-order valence-corrected chi connectivity index (χ2v) is 8.78. The summed E-state index contributed by atoms with van der Waals surface area (Å²) in [6, 6.07) is 16.5. The smallest absolute Gasteiger partial charge is 0.155 e. The molecule has 6 heterocycles. The number of hydrogen-bond donors (Lipinski definition) is 3. The van der Waals surface area contributed by atoms with Crippen LogP contribution in [0.5, 0.6) is 0 Å². The van der Waals surface area contributed by atoms with E-state index in [1.807, 2.05) is 30.5 Å². The van der Waals surface area contributed by atoms with Gasteiger partial charge in [-0.15, -0.1) is 0 Å². The highest BCUT2D eigenvalue weighted by atomic mass is 15.3. The van der Waals surface area contributed by atoms with Gasteiger partial charge >= 0.3 is 0 Å². The van der Waals surface area contributed by atoms with Crippen molar-refractivity contribution >= 4 is 27.8 Å². The molecule has 0 radical (unpaired) electrons. The Morgan fingerprint density at radius 3 is 2.71 bits per heavy atom. The molecule has 1 aliphatic heterocycles. The number of rotatable bonds is 4. The van der Waals surface area contributed by atoms with E-state index in [1.54, 1.807) is 18.6 Å². The van der Waals surface area contributed by atoms with Crippen LogP contribution in [-0.2, 0) is 0 Å². The number of benzene rings is 1. The number of pyridine rings is 2. The van der Waals surface area contributed by atoms with E-state index in [0.717, 1.165) is 69.1 Å². The molecule has 1 fully saturated rings. The molecule has 0 bridgehead atoms. The van der Waals surface area contributed by atoms with Gasteiger partial charge in [0.2, 0.25) is 0 Å². The van der Waals surface area contributed by atoms with Gasteiger partial charge in [-0.05, 0) is 30.3 Å². The Labute approximate surface area is 200 Å². The summed E-state index contributed by atoms with van der Waals surface area (Å²) in [5.41, 5.74) is 13.0. The number of aromatic amines is 2. The van der Waals surface area contributed by atoms with Crippen molar-refractivity contribution in [2.24, 2.45) is 5.73 Å². The molecule has 0 amide bonds. The van der Waals surface area contributed by atoms with Gasteiger partial charge in [0.15, 0.2) is 5.65 Å². The van der Waals surface area contributed by atoms with Crippen molar-refractivity contribution in [1.82, 2.24) is 35.1 Å². The molecule has 0 aliphatic carbocycles. The van der Waals surface area contributed by atoms with E-state index in [0.29, 0.717) is 5.65 Å². The van der Waals surface area contributed by atoms with Gasteiger partial charge in [-0.25, -0.2) is 9.97 Å². The Kier molecular flexibility index (Phi) is 4.36. The van der Waals surface area contributed by atoms with Crippen molar-refractivity contribution in [3.63, 3.8) is 0 Å². The highest BCUT2D eigenvalue weighted by molar-refractivity contribution is 6.00. The van der Waals surface area contributed by atoms with Crippen LogP contribution >= 0.6 is 0 Å². The summed E-state index contributed by atoms with van der Waals surface area (Å²) in [6.45, 7) is 1.59. The zero-order valence-corrected chi connectivity index (χ0v) is 18.7. The normalized spacial score (nSPS) is 14.0. The Morgan fingerprint density at radius 1 is 0.914 bits per heavy atom. The molecule has 1 saturated heterocycles. The molecule has 6 aromatic rings. The summed E-state index contributed by atoms with van der Waals surface area (Å²) in [5, 5.41) is 9.64. The fourth-order valence-electron chi connectivity index (χ4n) is 4.62. The molecular formula is C26H21N9. The molecule has 0 saturated carbocycles. The number of hydrogen-bond acceptors (Lipinski definition) is 7. The van der Waals surface area contributed by atoms with E-state index in [-0.39, 0.29) is 6.04 Å². The van der Waals surface area contributed by atoms with E-state index >= 15 is 0 Å². The maximum atomic E-state index is 5.93. The number of nitrogens with zero attached hydrogens (tertiary/aromatic N) is 6. The van der Waals surface area contributed by atoms with Crippen molar-refractivity contribution in [2.45, 2.75) is 6.04 Å². The Balaban J connectivity index is 1.31. The minimum absolute atomic E-state index is 0.196. The third kappa shape index (κ3) is 3.32. The second-order valence-electron chi connectivity index (χ2n) is 8.78. The average molecular weight is 460 g/mol. The van der Waals surface area contributed by atoms with Crippen LogP contribution in [0.4, 0.5) is 5.82 Å². The van der Waals surface area contributed by atoms with Gasteiger partial charge in [0, 0.05) is 58.9 Å². The molecule has 1 aromatic carbocycles. The third-order valence-corrected chi connectivity index (χ3v) is 6.43. The fourth-order valence-corrected chi connectivity index (χ4v) is 4.62. The summed E-state index contributed by atoms with van der Waals surface area (Å²) >= 11 is 0. The first-order chi connectivity index (χ1) is 17.2. The molecule has 170 valence electrons. The lowest BCUT2D eigenvalue weighted by atomic mass is 10.1. The molecule has 7 rings (SSSR count). The molecule has 1 aliphatic rings. The van der Waals surface area contributed by atoms with E-state index in [4.69, 9.17) is 10.7 Å². The molecule has 9 heteroatoms. The summed E-state index contributed by atoms with van der Waals surface area (Å²) < 4.78 is 0. The van der Waals surface area contributed by atoms with Gasteiger partial charge in [-0.2, -0.15) is 5.10 Å². The largest absolute Gasteiger partial charge is 0.353 e. The number of anilines is 1. The Bertz CT molecular complexity index is 1680. The fraction of sp³-hybridized carbons (Fsp3) is 0.115. The van der Waals surface area contributed by atoms with E-state index in [1.165, 1.54) is 0 Å². The van der Waals surface area contributed by atoms with Gasteiger partial charge in [-0.3, -0.25) is 15.1 Å². The maximum Gasteiger partial charge on any atom is 0.155 e. The summed E-state index contributed by atoms with van der Waals surface area (Å²) in [6.07, 6.45) is 7.14. The predicted molar refractivity (Wildman–Crippen MR) is 136 cm³/mol. The number of fused-ring (bicyclic) bond motifs is 2. The van der Waals surface area contributed by atoms with Gasteiger partial charge in [0.05, 0.1) is 29.5 Å². The highest BCUT2D eigenvalue weighted by Gasteiger charge is 2.24. The number of H-pyrrole nitrogens is 2. The molecule has 5 aromatic heterocycles. The van der Waals surface area contributed by atoms with Crippen LogP contribution in [0.1, 0.15) is 0 Å². The standard InChI is InChI=1S/C26H21N9/c27-16-13-35(14-16)24-12-28-11-23(32-24)15-8-19-25(33-34-26(19)30-10-15)22-9-18-17(4-3-6-21(18)31-22)20-5-1-2-7-29-20/h1-12,16,31H,13-14,27H2,(H,30,33,34). The number of aromatic nitrogens is 7. The minimum atomic E-state index is 0.196. The van der Waals surface area contributed by atoms with Crippen molar-refractivity contribution in [2.75, 3.05) is 18.0 Å². The van der Waals surface area contributed by atoms with Gasteiger partial charge < -0.3 is 15.6 Å². The van der Waals surface area contributed by atoms with Crippen molar-refractivity contribution in [3.8, 4) is 33.9 Å². The SMILES string of the molecule is NC1CN(c2cncc(-c3cnc4[nH]nc(-c5cc6c(-c7ccccn7)cccc6[nH]5)c4c3)n2)C1. The van der Waals surface area contributed by atoms with Crippen LogP contribution in [0.2, 0.25) is 0 Å². The molecule has 0 spiro atoms. The third-order valence-electron chi connectivity index (χ3n) is 6.43. The van der Waals surface area contributed by atoms with Crippen LogP contribution < -0.4 is 10.6 Å². The van der Waals surface area contributed by atoms with Crippen molar-refractivity contribution in [3.05, 3.63) is 73.3 Å². The maximum absolute atomic E-state index is 5.93. The lowest BCUT2D eigenvalue weighted by molar-refractivity contribution is 0.514. The van der Waals surface area contributed by atoms with E-state index in [9.17, 15) is 0 Å². The van der Waals surface area contributed by atoms with Crippen LogP contribution in [0.3, 0.4) is 0 Å².